The lowest BCUT2D eigenvalue weighted by Crippen LogP contribution is -2.41. The van der Waals surface area contributed by atoms with Crippen LogP contribution in [0.4, 0.5) is 0 Å². The van der Waals surface area contributed by atoms with Gasteiger partial charge in [0, 0.05) is 23.4 Å². The number of carbonyl (C=O) groups excluding carboxylic acids is 1. The number of fused-ring (bicyclic) bond motifs is 1. The van der Waals surface area contributed by atoms with E-state index in [9.17, 15) is 9.90 Å². The van der Waals surface area contributed by atoms with Crippen LogP contribution >= 0.6 is 11.3 Å². The molecule has 0 aromatic carbocycles. The van der Waals surface area contributed by atoms with E-state index in [0.717, 1.165) is 38.5 Å². The quantitative estimate of drug-likeness (QED) is 0.893. The molecule has 0 bridgehead atoms. The summed E-state index contributed by atoms with van der Waals surface area (Å²) in [6.45, 7) is 0.194. The largest absolute Gasteiger partial charge is 0.396 e. The first-order valence-corrected chi connectivity index (χ1v) is 8.15. The maximum atomic E-state index is 12.5. The molecule has 3 atom stereocenters. The van der Waals surface area contributed by atoms with Crippen LogP contribution in [0.2, 0.25) is 0 Å². The smallest absolute Gasteiger partial charge is 0.227 e. The second-order valence-electron chi connectivity index (χ2n) is 5.73. The van der Waals surface area contributed by atoms with Crippen LogP contribution in [0.5, 0.6) is 0 Å². The summed E-state index contributed by atoms with van der Waals surface area (Å²) >= 11 is 1.77. The summed E-state index contributed by atoms with van der Waals surface area (Å²) in [6.07, 6.45) is 6.37. The topological polar surface area (TPSA) is 49.3 Å². The molecule has 1 aromatic rings. The molecule has 1 amide bonds. The van der Waals surface area contributed by atoms with E-state index in [4.69, 9.17) is 0 Å². The van der Waals surface area contributed by atoms with E-state index in [-0.39, 0.29) is 30.4 Å². The Kier molecular flexibility index (Phi) is 3.89. The van der Waals surface area contributed by atoms with Gasteiger partial charge in [-0.3, -0.25) is 4.79 Å². The number of nitrogens with one attached hydrogen (secondary N) is 1. The lowest BCUT2D eigenvalue weighted by Gasteiger charge is -2.25. The molecule has 0 spiro atoms. The number of hydrogen-bond donors (Lipinski definition) is 2. The molecule has 0 radical (unpaired) electrons. The average Bonchev–Trinajstić information content (AvgIpc) is 3.05. The van der Waals surface area contributed by atoms with E-state index >= 15 is 0 Å². The van der Waals surface area contributed by atoms with Crippen molar-refractivity contribution in [1.82, 2.24) is 5.32 Å². The molecule has 2 aliphatic carbocycles. The molecule has 1 fully saturated rings. The number of hydrogen-bond acceptors (Lipinski definition) is 3. The van der Waals surface area contributed by atoms with Crippen LogP contribution in [0.3, 0.4) is 0 Å². The average molecular weight is 279 g/mol. The van der Waals surface area contributed by atoms with E-state index in [2.05, 4.69) is 16.8 Å². The molecule has 0 saturated heterocycles. The van der Waals surface area contributed by atoms with Crippen LogP contribution in [0, 0.1) is 5.92 Å². The van der Waals surface area contributed by atoms with Gasteiger partial charge < -0.3 is 10.4 Å². The van der Waals surface area contributed by atoms with Crippen molar-refractivity contribution in [2.45, 2.75) is 50.5 Å². The molecule has 0 aliphatic heterocycles. The summed E-state index contributed by atoms with van der Waals surface area (Å²) in [6, 6.07) is 2.29. The summed E-state index contributed by atoms with van der Waals surface area (Å²) in [5.41, 5.74) is 1.24. The number of aliphatic hydroxyl groups excluding tert-OH is 1. The van der Waals surface area contributed by atoms with Crippen molar-refractivity contribution < 1.29 is 9.90 Å². The molecule has 1 aromatic heterocycles. The van der Waals surface area contributed by atoms with Crippen LogP contribution in [-0.4, -0.2) is 23.7 Å². The van der Waals surface area contributed by atoms with Gasteiger partial charge in [0.25, 0.3) is 0 Å². The fourth-order valence-electron chi connectivity index (χ4n) is 3.49. The first kappa shape index (κ1) is 13.1. The summed E-state index contributed by atoms with van der Waals surface area (Å²) < 4.78 is 0. The molecule has 2 N–H and O–H groups in total. The first-order valence-electron chi connectivity index (χ1n) is 7.27. The fourth-order valence-corrected chi connectivity index (χ4v) is 4.47. The van der Waals surface area contributed by atoms with Crippen molar-refractivity contribution in [2.75, 3.05) is 6.61 Å². The zero-order chi connectivity index (χ0) is 13.2. The van der Waals surface area contributed by atoms with Crippen molar-refractivity contribution in [3.63, 3.8) is 0 Å². The van der Waals surface area contributed by atoms with Crippen molar-refractivity contribution in [3.05, 3.63) is 21.9 Å². The molecule has 3 nitrogen and oxygen atoms in total. The van der Waals surface area contributed by atoms with Gasteiger partial charge in [-0.1, -0.05) is 6.42 Å². The molecular formula is C15H21NO2S. The molecule has 3 rings (SSSR count). The van der Waals surface area contributed by atoms with E-state index in [0.29, 0.717) is 0 Å². The van der Waals surface area contributed by atoms with Crippen molar-refractivity contribution in [1.29, 1.82) is 0 Å². The van der Waals surface area contributed by atoms with Gasteiger partial charge in [-0.05, 0) is 49.1 Å². The van der Waals surface area contributed by atoms with E-state index in [1.54, 1.807) is 11.3 Å². The summed E-state index contributed by atoms with van der Waals surface area (Å²) in [7, 11) is 0. The Bertz CT molecular complexity index is 457. The third kappa shape index (κ3) is 2.56. The van der Waals surface area contributed by atoms with Crippen LogP contribution in [0.25, 0.3) is 0 Å². The Morgan fingerprint density at radius 2 is 2.26 bits per heavy atom. The van der Waals surface area contributed by atoms with Gasteiger partial charge in [-0.25, -0.2) is 0 Å². The van der Waals surface area contributed by atoms with Crippen LogP contribution in [0.1, 0.15) is 48.5 Å². The Morgan fingerprint density at radius 3 is 3.11 bits per heavy atom. The molecule has 3 unspecified atom stereocenters. The lowest BCUT2D eigenvalue weighted by molar-refractivity contribution is -0.123. The molecule has 4 heteroatoms. The predicted octanol–water partition coefficient (Wildman–Crippen LogP) is 2.45. The minimum atomic E-state index is 0.0370. The van der Waals surface area contributed by atoms with Gasteiger partial charge >= 0.3 is 0 Å². The molecule has 2 aliphatic rings. The number of thiophene rings is 1. The second-order valence-corrected chi connectivity index (χ2v) is 6.73. The second kappa shape index (κ2) is 5.63. The maximum absolute atomic E-state index is 12.5. The fraction of sp³-hybridized carbons (Fsp3) is 0.667. The minimum Gasteiger partial charge on any atom is -0.396 e. The van der Waals surface area contributed by atoms with Gasteiger partial charge in [0.15, 0.2) is 0 Å². The Labute approximate surface area is 118 Å². The third-order valence-corrected chi connectivity index (χ3v) is 5.59. The Balaban J connectivity index is 1.69. The number of carbonyl (C=O) groups is 1. The summed E-state index contributed by atoms with van der Waals surface area (Å²) in [5.74, 6) is 0.467. The normalized spacial score (nSPS) is 30.1. The SMILES string of the molecule is O=C(NC1CCCC1CO)C1CCCc2sccc21. The summed E-state index contributed by atoms with van der Waals surface area (Å²) in [4.78, 5) is 13.9. The molecule has 19 heavy (non-hydrogen) atoms. The lowest BCUT2D eigenvalue weighted by atomic mass is 9.86. The molecular weight excluding hydrogens is 258 g/mol. The number of aryl methyl sites for hydroxylation is 1. The number of amides is 1. The zero-order valence-electron chi connectivity index (χ0n) is 11.1. The molecule has 1 saturated carbocycles. The van der Waals surface area contributed by atoms with Gasteiger partial charge in [0.05, 0.1) is 5.92 Å². The van der Waals surface area contributed by atoms with Gasteiger partial charge in [0.1, 0.15) is 0 Å². The minimum absolute atomic E-state index is 0.0370. The van der Waals surface area contributed by atoms with Crippen LogP contribution in [0.15, 0.2) is 11.4 Å². The third-order valence-electron chi connectivity index (χ3n) is 4.59. The van der Waals surface area contributed by atoms with Gasteiger partial charge in [-0.15, -0.1) is 11.3 Å². The highest BCUT2D eigenvalue weighted by Crippen LogP contribution is 2.35. The standard InChI is InChI=1S/C15H21NO2S/c17-9-10-3-1-5-13(10)16-15(18)12-4-2-6-14-11(12)7-8-19-14/h7-8,10,12-13,17H,1-6,9H2,(H,16,18). The number of aliphatic hydroxyl groups is 1. The van der Waals surface area contributed by atoms with E-state index in [1.165, 1.54) is 10.4 Å². The Morgan fingerprint density at radius 1 is 1.37 bits per heavy atom. The molecule has 1 heterocycles. The van der Waals surface area contributed by atoms with Crippen molar-refractivity contribution in [2.24, 2.45) is 5.92 Å². The maximum Gasteiger partial charge on any atom is 0.227 e. The zero-order valence-corrected chi connectivity index (χ0v) is 11.9. The summed E-state index contributed by atoms with van der Waals surface area (Å²) in [5, 5.41) is 14.6. The van der Waals surface area contributed by atoms with Crippen LogP contribution in [-0.2, 0) is 11.2 Å². The highest BCUT2D eigenvalue weighted by atomic mass is 32.1. The van der Waals surface area contributed by atoms with E-state index < -0.39 is 0 Å². The van der Waals surface area contributed by atoms with E-state index in [1.807, 2.05) is 0 Å². The highest BCUT2D eigenvalue weighted by Gasteiger charge is 2.32. The molecule has 104 valence electrons. The highest BCUT2D eigenvalue weighted by molar-refractivity contribution is 7.10. The van der Waals surface area contributed by atoms with Crippen LogP contribution < -0.4 is 5.32 Å². The monoisotopic (exact) mass is 279 g/mol. The van der Waals surface area contributed by atoms with Crippen molar-refractivity contribution >= 4 is 17.2 Å². The van der Waals surface area contributed by atoms with Gasteiger partial charge in [0.2, 0.25) is 5.91 Å². The van der Waals surface area contributed by atoms with Crippen molar-refractivity contribution in [3.8, 4) is 0 Å². The predicted molar refractivity (Wildman–Crippen MR) is 76.4 cm³/mol. The first-order chi connectivity index (χ1) is 9.29. The Hall–Kier alpha value is -0.870. The number of rotatable bonds is 3. The van der Waals surface area contributed by atoms with Gasteiger partial charge in [-0.2, -0.15) is 0 Å².